The van der Waals surface area contributed by atoms with Crippen molar-refractivity contribution in [2.75, 3.05) is 19.7 Å². The van der Waals surface area contributed by atoms with E-state index >= 15 is 0 Å². The molecule has 0 unspecified atom stereocenters. The average molecular weight is 330 g/mol. The van der Waals surface area contributed by atoms with E-state index in [4.69, 9.17) is 4.74 Å². The van der Waals surface area contributed by atoms with Gasteiger partial charge in [0.1, 0.15) is 5.75 Å². The van der Waals surface area contributed by atoms with Gasteiger partial charge in [-0.25, -0.2) is 0 Å². The van der Waals surface area contributed by atoms with Crippen LogP contribution in [-0.2, 0) is 4.79 Å². The molecule has 0 aromatic heterocycles. The minimum absolute atomic E-state index is 0.128. The molecule has 0 spiro atoms. The lowest BCUT2D eigenvalue weighted by atomic mass is 10.0. The van der Waals surface area contributed by atoms with Crippen LogP contribution in [0.3, 0.4) is 0 Å². The number of aliphatic imine (C=N–C) groups is 1. The maximum absolute atomic E-state index is 12.2. The molecule has 1 aromatic carbocycles. The predicted octanol–water partition coefficient (Wildman–Crippen LogP) is 3.79. The number of carbonyl (C=O) groups is 1. The zero-order valence-corrected chi connectivity index (χ0v) is 14.4. The highest BCUT2D eigenvalue weighted by Gasteiger charge is 2.28. The van der Waals surface area contributed by atoms with Crippen LogP contribution in [-0.4, -0.2) is 35.7 Å². The maximum Gasteiger partial charge on any atom is 0.286 e. The van der Waals surface area contributed by atoms with Crippen LogP contribution in [0.1, 0.15) is 32.3 Å². The number of amidine groups is 1. The largest absolute Gasteiger partial charge is 0.494 e. The first-order valence-electron chi connectivity index (χ1n) is 8.16. The van der Waals surface area contributed by atoms with Gasteiger partial charge < -0.3 is 9.64 Å². The Hall–Kier alpha value is -1.75. The number of rotatable bonds is 3. The molecular weight excluding hydrogens is 308 g/mol. The van der Waals surface area contributed by atoms with E-state index < -0.39 is 0 Å². The Morgan fingerprint density at radius 1 is 1.39 bits per heavy atom. The summed E-state index contributed by atoms with van der Waals surface area (Å²) in [6, 6.07) is 7.78. The molecule has 1 aromatic rings. The van der Waals surface area contributed by atoms with E-state index in [2.05, 4.69) is 16.8 Å². The van der Waals surface area contributed by atoms with E-state index in [0.717, 1.165) is 29.6 Å². The summed E-state index contributed by atoms with van der Waals surface area (Å²) in [5.74, 6) is 1.39. The lowest BCUT2D eigenvalue weighted by Gasteiger charge is -2.31. The van der Waals surface area contributed by atoms with Gasteiger partial charge in [0.2, 0.25) is 0 Å². The van der Waals surface area contributed by atoms with Gasteiger partial charge in [-0.15, -0.1) is 0 Å². The van der Waals surface area contributed by atoms with Crippen LogP contribution >= 0.6 is 11.8 Å². The van der Waals surface area contributed by atoms with Crippen molar-refractivity contribution >= 4 is 28.9 Å². The lowest BCUT2D eigenvalue weighted by molar-refractivity contribution is -0.113. The Labute approximate surface area is 141 Å². The monoisotopic (exact) mass is 330 g/mol. The maximum atomic E-state index is 12.2. The Kier molecular flexibility index (Phi) is 5.06. The molecule has 1 fully saturated rings. The number of ether oxygens (including phenoxy) is 1. The van der Waals surface area contributed by atoms with Gasteiger partial charge in [-0.3, -0.25) is 4.79 Å². The number of piperidine rings is 1. The smallest absolute Gasteiger partial charge is 0.286 e. The number of nitrogens with zero attached hydrogens (tertiary/aromatic N) is 2. The van der Waals surface area contributed by atoms with Crippen molar-refractivity contribution in [2.45, 2.75) is 26.7 Å². The minimum atomic E-state index is -0.128. The third kappa shape index (κ3) is 3.96. The summed E-state index contributed by atoms with van der Waals surface area (Å²) in [4.78, 5) is 19.3. The standard InChI is InChI=1S/C18H22N2O2S/c1-3-22-15-8-6-14(7-9-15)11-16-17(21)19-18(23-16)20-10-4-5-13(2)12-20/h6-9,11,13H,3-5,10,12H2,1-2H3/b16-11+/t13-/m1/s1. The Morgan fingerprint density at radius 3 is 2.87 bits per heavy atom. The van der Waals surface area contributed by atoms with Crippen molar-refractivity contribution in [1.82, 2.24) is 4.90 Å². The van der Waals surface area contributed by atoms with Gasteiger partial charge in [0.15, 0.2) is 5.17 Å². The van der Waals surface area contributed by atoms with E-state index in [-0.39, 0.29) is 5.91 Å². The molecule has 23 heavy (non-hydrogen) atoms. The van der Waals surface area contributed by atoms with Crippen LogP contribution in [0.15, 0.2) is 34.2 Å². The van der Waals surface area contributed by atoms with Crippen molar-refractivity contribution in [1.29, 1.82) is 0 Å². The summed E-state index contributed by atoms with van der Waals surface area (Å²) >= 11 is 1.49. The van der Waals surface area contributed by atoms with E-state index in [0.29, 0.717) is 17.4 Å². The molecule has 122 valence electrons. The molecule has 4 nitrogen and oxygen atoms in total. The van der Waals surface area contributed by atoms with E-state index in [1.807, 2.05) is 37.3 Å². The summed E-state index contributed by atoms with van der Waals surface area (Å²) < 4.78 is 5.44. The van der Waals surface area contributed by atoms with E-state index in [9.17, 15) is 4.79 Å². The lowest BCUT2D eigenvalue weighted by Crippen LogP contribution is -2.37. The molecule has 0 N–H and O–H groups in total. The second kappa shape index (κ2) is 7.21. The van der Waals surface area contributed by atoms with Crippen molar-refractivity contribution in [3.8, 4) is 5.75 Å². The molecule has 1 amide bonds. The number of benzene rings is 1. The molecule has 2 aliphatic heterocycles. The number of hydrogen-bond acceptors (Lipinski definition) is 4. The van der Waals surface area contributed by atoms with Gasteiger partial charge in [-0.05, 0) is 61.2 Å². The molecule has 2 heterocycles. The fourth-order valence-corrected chi connectivity index (χ4v) is 3.82. The number of thioether (sulfide) groups is 1. The number of amides is 1. The molecule has 0 bridgehead atoms. The molecule has 1 saturated heterocycles. The fourth-order valence-electron chi connectivity index (χ4n) is 2.87. The molecule has 5 heteroatoms. The van der Waals surface area contributed by atoms with Crippen LogP contribution in [0, 0.1) is 5.92 Å². The van der Waals surface area contributed by atoms with Crippen LogP contribution < -0.4 is 4.74 Å². The Morgan fingerprint density at radius 2 is 2.17 bits per heavy atom. The number of carbonyl (C=O) groups excluding carboxylic acids is 1. The summed E-state index contributed by atoms with van der Waals surface area (Å²) in [6.45, 7) is 6.87. The normalized spacial score (nSPS) is 23.3. The topological polar surface area (TPSA) is 41.9 Å². The van der Waals surface area contributed by atoms with Crippen LogP contribution in [0.4, 0.5) is 0 Å². The van der Waals surface area contributed by atoms with E-state index in [1.165, 1.54) is 24.6 Å². The molecule has 3 rings (SSSR count). The molecule has 0 aliphatic carbocycles. The number of likely N-dealkylation sites (tertiary alicyclic amines) is 1. The fraction of sp³-hybridized carbons (Fsp3) is 0.444. The molecule has 2 aliphatic rings. The van der Waals surface area contributed by atoms with Gasteiger partial charge in [-0.2, -0.15) is 4.99 Å². The SMILES string of the molecule is CCOc1ccc(/C=C2/SC(N3CCC[C@@H](C)C3)=NC2=O)cc1. The van der Waals surface area contributed by atoms with Crippen molar-refractivity contribution in [3.63, 3.8) is 0 Å². The average Bonchev–Trinajstić information content (AvgIpc) is 2.91. The summed E-state index contributed by atoms with van der Waals surface area (Å²) in [5, 5.41) is 0.860. The van der Waals surface area contributed by atoms with Crippen LogP contribution in [0.5, 0.6) is 5.75 Å². The second-order valence-corrected chi connectivity index (χ2v) is 7.01. The predicted molar refractivity (Wildman–Crippen MR) is 95.6 cm³/mol. The zero-order valence-electron chi connectivity index (χ0n) is 13.6. The van der Waals surface area contributed by atoms with Crippen molar-refractivity contribution < 1.29 is 9.53 Å². The molecule has 0 radical (unpaired) electrons. The first-order chi connectivity index (χ1) is 11.2. The van der Waals surface area contributed by atoms with Gasteiger partial charge in [-0.1, -0.05) is 19.1 Å². The van der Waals surface area contributed by atoms with E-state index in [1.54, 1.807) is 0 Å². The van der Waals surface area contributed by atoms with Gasteiger partial charge >= 0.3 is 0 Å². The van der Waals surface area contributed by atoms with Crippen LogP contribution in [0.2, 0.25) is 0 Å². The Balaban J connectivity index is 1.69. The summed E-state index contributed by atoms with van der Waals surface area (Å²) in [6.07, 6.45) is 4.34. The summed E-state index contributed by atoms with van der Waals surface area (Å²) in [7, 11) is 0. The zero-order chi connectivity index (χ0) is 16.2. The van der Waals surface area contributed by atoms with Gasteiger partial charge in [0, 0.05) is 13.1 Å². The molecular formula is C18H22N2O2S. The quantitative estimate of drug-likeness (QED) is 0.791. The summed E-state index contributed by atoms with van der Waals surface area (Å²) in [5.41, 5.74) is 0.993. The minimum Gasteiger partial charge on any atom is -0.494 e. The third-order valence-electron chi connectivity index (χ3n) is 4.03. The highest BCUT2D eigenvalue weighted by molar-refractivity contribution is 8.18. The second-order valence-electron chi connectivity index (χ2n) is 6.01. The molecule has 1 atom stereocenters. The van der Waals surface area contributed by atoms with Crippen molar-refractivity contribution in [2.24, 2.45) is 10.9 Å². The van der Waals surface area contributed by atoms with Gasteiger partial charge in [0.25, 0.3) is 5.91 Å². The van der Waals surface area contributed by atoms with Crippen LogP contribution in [0.25, 0.3) is 6.08 Å². The molecule has 0 saturated carbocycles. The first kappa shape index (κ1) is 16.1. The first-order valence-corrected chi connectivity index (χ1v) is 8.97. The highest BCUT2D eigenvalue weighted by atomic mass is 32.2. The third-order valence-corrected chi connectivity index (χ3v) is 5.07. The van der Waals surface area contributed by atoms with Crippen molar-refractivity contribution in [3.05, 3.63) is 34.7 Å². The van der Waals surface area contributed by atoms with Gasteiger partial charge in [0.05, 0.1) is 11.5 Å². The Bertz CT molecular complexity index is 637. The number of hydrogen-bond donors (Lipinski definition) is 0. The highest BCUT2D eigenvalue weighted by Crippen LogP contribution is 2.32.